The maximum absolute atomic E-state index is 14.0. The zero-order valence-electron chi connectivity index (χ0n) is 23.5. The smallest absolute Gasteiger partial charge is 0.416 e. The molecule has 2 fully saturated rings. The summed E-state index contributed by atoms with van der Waals surface area (Å²) in [5.74, 6) is -0.882. The zero-order chi connectivity index (χ0) is 31.2. The minimum absolute atomic E-state index is 0.0473. The van der Waals surface area contributed by atoms with Crippen molar-refractivity contribution < 1.29 is 45.1 Å². The van der Waals surface area contributed by atoms with Crippen LogP contribution in [0.1, 0.15) is 72.5 Å². The molecule has 4 atom stereocenters. The highest BCUT2D eigenvalue weighted by molar-refractivity contribution is 5.77. The number of rotatable bonds is 4. The second-order valence-corrected chi connectivity index (χ2v) is 11.1. The molecule has 2 aliphatic heterocycles. The van der Waals surface area contributed by atoms with Gasteiger partial charge in [-0.25, -0.2) is 9.18 Å². The number of likely N-dealkylation sites (tertiary alicyclic amines) is 1. The molecule has 0 aliphatic carbocycles. The second kappa shape index (κ2) is 11.4. The predicted octanol–water partition coefficient (Wildman–Crippen LogP) is 6.79. The molecule has 6 nitrogen and oxygen atoms in total. The van der Waals surface area contributed by atoms with Crippen LogP contribution >= 0.6 is 0 Å². The monoisotopic (exact) mass is 603 g/mol. The fourth-order valence-corrected chi connectivity index (χ4v) is 6.02. The van der Waals surface area contributed by atoms with Gasteiger partial charge < -0.3 is 14.5 Å². The average molecular weight is 604 g/mol. The van der Waals surface area contributed by atoms with E-state index in [1.807, 2.05) is 0 Å². The number of hydrogen-bond acceptors (Lipinski definition) is 4. The molecule has 4 rings (SSSR count). The van der Waals surface area contributed by atoms with Gasteiger partial charge in [0.05, 0.1) is 30.3 Å². The molecule has 2 amide bonds. The van der Waals surface area contributed by atoms with E-state index in [2.05, 4.69) is 5.32 Å². The molecule has 1 N–H and O–H groups in total. The van der Waals surface area contributed by atoms with Crippen LogP contribution in [0, 0.1) is 12.7 Å². The molecule has 2 aromatic carbocycles. The molecule has 0 aromatic heterocycles. The first-order chi connectivity index (χ1) is 19.5. The van der Waals surface area contributed by atoms with Gasteiger partial charge in [-0.3, -0.25) is 10.1 Å². The predicted molar refractivity (Wildman–Crippen MR) is 139 cm³/mol. The third-order valence-electron chi connectivity index (χ3n) is 8.48. The number of carbonyl (C=O) groups excluding carboxylic acids is 2. The van der Waals surface area contributed by atoms with Crippen LogP contribution in [0.2, 0.25) is 0 Å². The zero-order valence-corrected chi connectivity index (χ0v) is 23.5. The summed E-state index contributed by atoms with van der Waals surface area (Å²) in [6.45, 7) is 3.22. The molecule has 230 valence electrons. The molecular weight excluding hydrogens is 571 g/mol. The number of halogens is 7. The summed E-state index contributed by atoms with van der Waals surface area (Å²) in [5.41, 5.74) is -2.57. The fourth-order valence-electron chi connectivity index (χ4n) is 6.02. The summed E-state index contributed by atoms with van der Waals surface area (Å²) in [4.78, 5) is 28.7. The fraction of sp³-hybridized carbons (Fsp3) is 0.517. The molecule has 0 radical (unpaired) electrons. The highest BCUT2D eigenvalue weighted by Crippen LogP contribution is 2.44. The quantitative estimate of drug-likeness (QED) is 0.309. The molecule has 42 heavy (non-hydrogen) atoms. The Morgan fingerprint density at radius 2 is 1.67 bits per heavy atom. The number of ether oxygens (including phenoxy) is 1. The van der Waals surface area contributed by atoms with Gasteiger partial charge >= 0.3 is 24.4 Å². The van der Waals surface area contributed by atoms with E-state index in [4.69, 9.17) is 4.74 Å². The Morgan fingerprint density at radius 3 is 2.21 bits per heavy atom. The molecule has 0 bridgehead atoms. The standard InChI is InChI=1S/C29H32F7N3O3/c1-16-11-21(30)5-6-22(16)24-15-27(8-7-23(37-27)25(40)42-4)9-10-39(24)26(41)38(3)17(2)18-12-19(28(31,32)33)14-20(13-18)29(34,35)36/h5-6,11-14,17,23-24,37H,7-10,15H2,1-4H3. The van der Waals surface area contributed by atoms with E-state index >= 15 is 0 Å². The number of amides is 2. The highest BCUT2D eigenvalue weighted by Gasteiger charge is 2.48. The van der Waals surface area contributed by atoms with Crippen LogP contribution in [0.15, 0.2) is 36.4 Å². The molecule has 2 aromatic rings. The lowest BCUT2D eigenvalue weighted by Crippen LogP contribution is -2.56. The number of methoxy groups -OCH3 is 1. The molecule has 13 heteroatoms. The van der Waals surface area contributed by atoms with Crippen molar-refractivity contribution in [3.05, 3.63) is 70.0 Å². The highest BCUT2D eigenvalue weighted by atomic mass is 19.4. The van der Waals surface area contributed by atoms with Gasteiger partial charge in [0.15, 0.2) is 0 Å². The van der Waals surface area contributed by atoms with Gasteiger partial charge in [0.2, 0.25) is 0 Å². The number of benzene rings is 2. The number of hydrogen-bond donors (Lipinski definition) is 1. The summed E-state index contributed by atoms with van der Waals surface area (Å²) in [6, 6.07) is 2.53. The van der Waals surface area contributed by atoms with E-state index in [0.29, 0.717) is 48.9 Å². The van der Waals surface area contributed by atoms with Gasteiger partial charge in [0, 0.05) is 19.1 Å². The Balaban J connectivity index is 1.67. The van der Waals surface area contributed by atoms with Crippen molar-refractivity contribution >= 4 is 12.0 Å². The van der Waals surface area contributed by atoms with Crippen molar-refractivity contribution in [2.45, 2.75) is 75.5 Å². The SMILES string of the molecule is COC(=O)C1CCC2(CCN(C(=O)N(C)C(C)c3cc(C(F)(F)F)cc(C(F)(F)F)c3)C(c3ccc(F)cc3C)C2)N1. The molecule has 0 saturated carbocycles. The maximum Gasteiger partial charge on any atom is 0.416 e. The van der Waals surface area contributed by atoms with Crippen LogP contribution in [0.4, 0.5) is 35.5 Å². The summed E-state index contributed by atoms with van der Waals surface area (Å²) in [7, 11) is 2.61. The molecular formula is C29H32F7N3O3. The van der Waals surface area contributed by atoms with Crippen LogP contribution in [0.3, 0.4) is 0 Å². The van der Waals surface area contributed by atoms with Crippen molar-refractivity contribution in [1.29, 1.82) is 0 Å². The van der Waals surface area contributed by atoms with Crippen LogP contribution in [0.5, 0.6) is 0 Å². The topological polar surface area (TPSA) is 61.9 Å². The van der Waals surface area contributed by atoms with E-state index in [9.17, 15) is 40.3 Å². The van der Waals surface area contributed by atoms with Crippen LogP contribution in [0.25, 0.3) is 0 Å². The number of alkyl halides is 6. The van der Waals surface area contributed by atoms with E-state index in [1.165, 1.54) is 38.1 Å². The third-order valence-corrected chi connectivity index (χ3v) is 8.48. The van der Waals surface area contributed by atoms with Gasteiger partial charge in [0.1, 0.15) is 11.9 Å². The number of carbonyl (C=O) groups is 2. The van der Waals surface area contributed by atoms with Crippen LogP contribution < -0.4 is 5.32 Å². The summed E-state index contributed by atoms with van der Waals surface area (Å²) >= 11 is 0. The van der Waals surface area contributed by atoms with Gasteiger partial charge in [-0.05, 0) is 86.6 Å². The minimum atomic E-state index is -5.03. The lowest BCUT2D eigenvalue weighted by Gasteiger charge is -2.47. The van der Waals surface area contributed by atoms with E-state index in [0.717, 1.165) is 4.90 Å². The Hall–Kier alpha value is -3.35. The Morgan fingerprint density at radius 1 is 1.05 bits per heavy atom. The summed E-state index contributed by atoms with van der Waals surface area (Å²) in [6.07, 6.45) is -8.14. The molecule has 2 saturated heterocycles. The van der Waals surface area contributed by atoms with Crippen molar-refractivity contribution in [1.82, 2.24) is 15.1 Å². The largest absolute Gasteiger partial charge is 0.468 e. The number of aryl methyl sites for hydroxylation is 1. The minimum Gasteiger partial charge on any atom is -0.468 e. The second-order valence-electron chi connectivity index (χ2n) is 11.1. The van der Waals surface area contributed by atoms with Crippen LogP contribution in [-0.2, 0) is 21.9 Å². The Kier molecular flexibility index (Phi) is 8.56. The first kappa shape index (κ1) is 31.6. The first-order valence-electron chi connectivity index (χ1n) is 13.4. The number of esters is 1. The van der Waals surface area contributed by atoms with Crippen molar-refractivity contribution in [3.63, 3.8) is 0 Å². The van der Waals surface area contributed by atoms with Crippen molar-refractivity contribution in [3.8, 4) is 0 Å². The first-order valence-corrected chi connectivity index (χ1v) is 13.4. The maximum atomic E-state index is 14.0. The van der Waals surface area contributed by atoms with Gasteiger partial charge in [-0.15, -0.1) is 0 Å². The normalized spacial score (nSPS) is 23.6. The lowest BCUT2D eigenvalue weighted by molar-refractivity contribution is -0.144. The third kappa shape index (κ3) is 6.35. The van der Waals surface area contributed by atoms with E-state index in [-0.39, 0.29) is 18.2 Å². The van der Waals surface area contributed by atoms with Crippen LogP contribution in [-0.4, -0.2) is 54.1 Å². The number of urea groups is 1. The number of piperidine rings is 1. The van der Waals surface area contributed by atoms with Gasteiger partial charge in [-0.2, -0.15) is 26.3 Å². The number of nitrogens with zero attached hydrogens (tertiary/aromatic N) is 2. The Bertz CT molecular complexity index is 1310. The van der Waals surface area contributed by atoms with E-state index in [1.54, 1.807) is 13.0 Å². The molecule has 2 aliphatic rings. The average Bonchev–Trinajstić information content (AvgIpc) is 3.33. The Labute approximate surface area is 238 Å². The van der Waals surface area contributed by atoms with Crippen molar-refractivity contribution in [2.75, 3.05) is 20.7 Å². The van der Waals surface area contributed by atoms with E-state index < -0.39 is 65.0 Å². The number of nitrogens with one attached hydrogen (secondary N) is 1. The summed E-state index contributed by atoms with van der Waals surface area (Å²) in [5, 5.41) is 3.35. The lowest BCUT2D eigenvalue weighted by atomic mass is 9.79. The van der Waals surface area contributed by atoms with Crippen molar-refractivity contribution in [2.24, 2.45) is 0 Å². The summed E-state index contributed by atoms with van der Waals surface area (Å²) < 4.78 is 99.8. The molecule has 2 heterocycles. The molecule has 4 unspecified atom stereocenters. The molecule has 1 spiro atoms. The van der Waals surface area contributed by atoms with Gasteiger partial charge in [0.25, 0.3) is 0 Å². The van der Waals surface area contributed by atoms with Gasteiger partial charge in [-0.1, -0.05) is 6.07 Å².